The van der Waals surface area contributed by atoms with Crippen LogP contribution in [0.3, 0.4) is 0 Å². The van der Waals surface area contributed by atoms with E-state index in [1.165, 1.54) is 0 Å². The number of anilines is 1. The molecule has 23 heavy (non-hydrogen) atoms. The molecule has 2 atom stereocenters. The molecule has 1 fully saturated rings. The predicted octanol–water partition coefficient (Wildman–Crippen LogP) is 1.59. The topological polar surface area (TPSA) is 66.2 Å². The average Bonchev–Trinajstić information content (AvgIpc) is 2.99. The maximum atomic E-state index is 8.95. The number of likely N-dealkylation sites (tertiary alicyclic amines) is 1. The number of pyridine rings is 1. The Bertz CT molecular complexity index is 600. The monoisotopic (exact) mass is 315 g/mol. The smallest absolute Gasteiger partial charge is 0.0728 e. The molecular weight excluding hydrogens is 290 g/mol. The van der Waals surface area contributed by atoms with Gasteiger partial charge < -0.3 is 10.4 Å². The molecular formula is C17H25N5O. The summed E-state index contributed by atoms with van der Waals surface area (Å²) in [6.45, 7) is 6.01. The first-order valence-corrected chi connectivity index (χ1v) is 8.26. The van der Waals surface area contributed by atoms with E-state index in [4.69, 9.17) is 5.11 Å². The van der Waals surface area contributed by atoms with E-state index in [1.54, 1.807) is 4.68 Å². The van der Waals surface area contributed by atoms with Gasteiger partial charge in [0, 0.05) is 38.1 Å². The lowest BCUT2D eigenvalue weighted by molar-refractivity contribution is 0.163. The van der Waals surface area contributed by atoms with E-state index < -0.39 is 0 Å². The van der Waals surface area contributed by atoms with Crippen LogP contribution in [0.2, 0.25) is 0 Å². The van der Waals surface area contributed by atoms with Crippen LogP contribution in [0.15, 0.2) is 36.8 Å². The minimum atomic E-state index is 0.115. The molecule has 124 valence electrons. The van der Waals surface area contributed by atoms with Crippen molar-refractivity contribution in [3.8, 4) is 0 Å². The lowest BCUT2D eigenvalue weighted by Gasteiger charge is -2.37. The lowest BCUT2D eigenvalue weighted by atomic mass is 9.93. The number of hydrogen-bond acceptors (Lipinski definition) is 5. The third-order valence-electron chi connectivity index (χ3n) is 4.42. The van der Waals surface area contributed by atoms with E-state index in [0.717, 1.165) is 37.4 Å². The summed E-state index contributed by atoms with van der Waals surface area (Å²) in [6.07, 6.45) is 6.77. The number of hydrogen-bond donors (Lipinski definition) is 2. The van der Waals surface area contributed by atoms with Gasteiger partial charge in [0.2, 0.25) is 0 Å². The minimum Gasteiger partial charge on any atom is -0.394 e. The van der Waals surface area contributed by atoms with Gasteiger partial charge in [0.25, 0.3) is 0 Å². The quantitative estimate of drug-likeness (QED) is 0.847. The number of aromatic nitrogens is 3. The second-order valence-electron chi connectivity index (χ2n) is 6.29. The van der Waals surface area contributed by atoms with Gasteiger partial charge in [-0.15, -0.1) is 0 Å². The maximum absolute atomic E-state index is 8.95. The zero-order valence-electron chi connectivity index (χ0n) is 13.6. The van der Waals surface area contributed by atoms with Crippen molar-refractivity contribution in [1.82, 2.24) is 19.7 Å². The fourth-order valence-corrected chi connectivity index (χ4v) is 3.19. The third kappa shape index (κ3) is 4.30. The Hall–Kier alpha value is -1.92. The number of rotatable bonds is 6. The van der Waals surface area contributed by atoms with Gasteiger partial charge in [0.05, 0.1) is 30.7 Å². The maximum Gasteiger partial charge on any atom is 0.0728 e. The Labute approximate surface area is 137 Å². The van der Waals surface area contributed by atoms with Crippen molar-refractivity contribution in [2.75, 3.05) is 25.0 Å². The summed E-state index contributed by atoms with van der Waals surface area (Å²) >= 11 is 0. The predicted molar refractivity (Wildman–Crippen MR) is 90.0 cm³/mol. The summed E-state index contributed by atoms with van der Waals surface area (Å²) in [6, 6.07) is 6.55. The van der Waals surface area contributed by atoms with Crippen molar-refractivity contribution in [1.29, 1.82) is 0 Å². The first-order valence-electron chi connectivity index (χ1n) is 8.26. The molecule has 2 aromatic rings. The first-order chi connectivity index (χ1) is 11.2. The molecule has 2 unspecified atom stereocenters. The molecule has 1 saturated heterocycles. The second-order valence-corrected chi connectivity index (χ2v) is 6.29. The van der Waals surface area contributed by atoms with Crippen LogP contribution < -0.4 is 5.32 Å². The van der Waals surface area contributed by atoms with Gasteiger partial charge >= 0.3 is 0 Å². The summed E-state index contributed by atoms with van der Waals surface area (Å²) in [5, 5.41) is 16.8. The van der Waals surface area contributed by atoms with Crippen LogP contribution in [0.25, 0.3) is 0 Å². The summed E-state index contributed by atoms with van der Waals surface area (Å²) in [4.78, 5) is 6.89. The van der Waals surface area contributed by atoms with Crippen molar-refractivity contribution in [2.45, 2.75) is 32.5 Å². The van der Waals surface area contributed by atoms with Gasteiger partial charge in [-0.1, -0.05) is 13.0 Å². The Morgan fingerprint density at radius 2 is 2.30 bits per heavy atom. The highest BCUT2D eigenvalue weighted by Gasteiger charge is 2.26. The van der Waals surface area contributed by atoms with Crippen LogP contribution in [0, 0.1) is 5.92 Å². The minimum absolute atomic E-state index is 0.115. The SMILES string of the molecule is CC1CN(Cc2ccccn2)CCC1Nc1cnn(CCO)c1. The summed E-state index contributed by atoms with van der Waals surface area (Å²) in [5.74, 6) is 0.564. The molecule has 1 aliphatic rings. The van der Waals surface area contributed by atoms with Crippen LogP contribution in [-0.2, 0) is 13.1 Å². The summed E-state index contributed by atoms with van der Waals surface area (Å²) in [7, 11) is 0. The standard InChI is InChI=1S/C17H25N5O/c1-14-11-21(12-15-4-2-3-6-18-15)7-5-17(14)20-16-10-19-22(13-16)8-9-23/h2-4,6,10,13-14,17,20,23H,5,7-9,11-12H2,1H3. The van der Waals surface area contributed by atoms with Gasteiger partial charge in [0.15, 0.2) is 0 Å². The normalized spacial score (nSPS) is 22.2. The van der Waals surface area contributed by atoms with E-state index in [9.17, 15) is 0 Å². The molecule has 2 N–H and O–H groups in total. The molecule has 6 heteroatoms. The molecule has 2 aromatic heterocycles. The number of nitrogens with zero attached hydrogens (tertiary/aromatic N) is 4. The van der Waals surface area contributed by atoms with Crippen molar-refractivity contribution in [3.05, 3.63) is 42.5 Å². The van der Waals surface area contributed by atoms with Crippen molar-refractivity contribution in [2.24, 2.45) is 5.92 Å². The summed E-state index contributed by atoms with van der Waals surface area (Å²) < 4.78 is 1.77. The average molecular weight is 315 g/mol. The van der Waals surface area contributed by atoms with E-state index in [-0.39, 0.29) is 6.61 Å². The van der Waals surface area contributed by atoms with E-state index >= 15 is 0 Å². The molecule has 0 amide bonds. The molecule has 1 aliphatic heterocycles. The van der Waals surface area contributed by atoms with E-state index in [0.29, 0.717) is 18.5 Å². The molecule has 3 rings (SSSR count). The highest BCUT2D eigenvalue weighted by atomic mass is 16.3. The Morgan fingerprint density at radius 3 is 3.04 bits per heavy atom. The van der Waals surface area contributed by atoms with Crippen LogP contribution in [0.1, 0.15) is 19.0 Å². The number of nitrogens with one attached hydrogen (secondary N) is 1. The Balaban J connectivity index is 1.52. The van der Waals surface area contributed by atoms with Crippen LogP contribution in [0.5, 0.6) is 0 Å². The Morgan fingerprint density at radius 1 is 1.39 bits per heavy atom. The molecule has 3 heterocycles. The lowest BCUT2D eigenvalue weighted by Crippen LogP contribution is -2.44. The second kappa shape index (κ2) is 7.57. The fraction of sp³-hybridized carbons (Fsp3) is 0.529. The molecule has 0 radical (unpaired) electrons. The molecule has 0 aromatic carbocycles. The highest BCUT2D eigenvalue weighted by molar-refractivity contribution is 5.39. The first kappa shape index (κ1) is 16.0. The van der Waals surface area contributed by atoms with E-state index in [1.807, 2.05) is 30.7 Å². The Kier molecular flexibility index (Phi) is 5.25. The molecule has 0 spiro atoms. The van der Waals surface area contributed by atoms with Gasteiger partial charge in [-0.3, -0.25) is 14.6 Å². The highest BCUT2D eigenvalue weighted by Crippen LogP contribution is 2.22. The molecule has 0 bridgehead atoms. The van der Waals surface area contributed by atoms with Gasteiger partial charge in [0.1, 0.15) is 0 Å². The van der Waals surface area contributed by atoms with Gasteiger partial charge in [-0.05, 0) is 24.5 Å². The van der Waals surface area contributed by atoms with Crippen molar-refractivity contribution >= 4 is 5.69 Å². The van der Waals surface area contributed by atoms with Gasteiger partial charge in [-0.2, -0.15) is 5.10 Å². The largest absolute Gasteiger partial charge is 0.394 e. The fourth-order valence-electron chi connectivity index (χ4n) is 3.19. The molecule has 0 aliphatic carbocycles. The third-order valence-corrected chi connectivity index (χ3v) is 4.42. The number of aliphatic hydroxyl groups excluding tert-OH is 1. The number of aliphatic hydroxyl groups is 1. The van der Waals surface area contributed by atoms with Crippen LogP contribution in [-0.4, -0.2) is 50.5 Å². The zero-order valence-corrected chi connectivity index (χ0v) is 13.6. The van der Waals surface area contributed by atoms with Crippen LogP contribution >= 0.6 is 0 Å². The van der Waals surface area contributed by atoms with Crippen molar-refractivity contribution < 1.29 is 5.11 Å². The zero-order chi connectivity index (χ0) is 16.1. The van der Waals surface area contributed by atoms with Crippen molar-refractivity contribution in [3.63, 3.8) is 0 Å². The van der Waals surface area contributed by atoms with Gasteiger partial charge in [-0.25, -0.2) is 0 Å². The number of piperidine rings is 1. The summed E-state index contributed by atoms with van der Waals surface area (Å²) in [5.41, 5.74) is 2.17. The molecule has 0 saturated carbocycles. The van der Waals surface area contributed by atoms with Crippen LogP contribution in [0.4, 0.5) is 5.69 Å². The van der Waals surface area contributed by atoms with E-state index in [2.05, 4.69) is 33.3 Å². The molecule has 6 nitrogen and oxygen atoms in total.